The van der Waals surface area contributed by atoms with Crippen LogP contribution in [0, 0.1) is 13.8 Å². The Labute approximate surface area is 85.9 Å². The molecule has 0 unspecified atom stereocenters. The van der Waals surface area contributed by atoms with E-state index in [1.807, 2.05) is 13.8 Å². The van der Waals surface area contributed by atoms with Gasteiger partial charge in [-0.25, -0.2) is 9.97 Å². The van der Waals surface area contributed by atoms with Crippen LogP contribution in [0.4, 0.5) is 5.82 Å². The van der Waals surface area contributed by atoms with Gasteiger partial charge < -0.3 is 5.73 Å². The average Bonchev–Trinajstić information content (AvgIpc) is 2.66. The zero-order valence-electron chi connectivity index (χ0n) is 7.98. The molecule has 0 bridgehead atoms. The van der Waals surface area contributed by atoms with Crippen molar-refractivity contribution in [1.82, 2.24) is 15.0 Å². The van der Waals surface area contributed by atoms with Crippen molar-refractivity contribution < 1.29 is 0 Å². The first-order valence-electron chi connectivity index (χ1n) is 4.18. The SMILES string of the molecule is Cc1nc(-c2cncs2)nc(N)c1C. The topological polar surface area (TPSA) is 64.7 Å². The number of nitrogen functional groups attached to an aromatic ring is 1. The maximum Gasteiger partial charge on any atom is 0.173 e. The summed E-state index contributed by atoms with van der Waals surface area (Å²) in [6.07, 6.45) is 1.74. The van der Waals surface area contributed by atoms with Crippen molar-refractivity contribution in [3.05, 3.63) is 23.0 Å². The summed E-state index contributed by atoms with van der Waals surface area (Å²) < 4.78 is 0. The van der Waals surface area contributed by atoms with E-state index in [0.29, 0.717) is 11.6 Å². The molecule has 0 fully saturated rings. The number of nitrogens with two attached hydrogens (primary N) is 1. The van der Waals surface area contributed by atoms with E-state index in [9.17, 15) is 0 Å². The first kappa shape index (κ1) is 9.08. The standard InChI is InChI=1S/C9H10N4S/c1-5-6(2)12-9(13-8(5)10)7-3-11-4-14-7/h3-4H,1-2H3,(H2,10,12,13). The van der Waals surface area contributed by atoms with Crippen molar-refractivity contribution in [1.29, 1.82) is 0 Å². The minimum atomic E-state index is 0.543. The first-order valence-corrected chi connectivity index (χ1v) is 5.06. The number of thiazole rings is 1. The maximum atomic E-state index is 5.76. The van der Waals surface area contributed by atoms with Gasteiger partial charge in [-0.2, -0.15) is 0 Å². The second-order valence-electron chi connectivity index (χ2n) is 3.01. The average molecular weight is 206 g/mol. The Morgan fingerprint density at radius 2 is 2.07 bits per heavy atom. The molecule has 0 saturated heterocycles. The van der Waals surface area contributed by atoms with Crippen molar-refractivity contribution in [3.8, 4) is 10.7 Å². The number of nitrogens with zero attached hydrogens (tertiary/aromatic N) is 3. The molecule has 2 aromatic heterocycles. The van der Waals surface area contributed by atoms with Crippen LogP contribution in [0.3, 0.4) is 0 Å². The van der Waals surface area contributed by atoms with Crippen molar-refractivity contribution in [2.75, 3.05) is 5.73 Å². The highest BCUT2D eigenvalue weighted by Crippen LogP contribution is 2.22. The predicted octanol–water partition coefficient (Wildman–Crippen LogP) is 1.80. The number of anilines is 1. The van der Waals surface area contributed by atoms with Gasteiger partial charge in [0, 0.05) is 17.5 Å². The third kappa shape index (κ3) is 1.46. The van der Waals surface area contributed by atoms with Gasteiger partial charge in [0.2, 0.25) is 0 Å². The van der Waals surface area contributed by atoms with E-state index in [-0.39, 0.29) is 0 Å². The Bertz CT molecular complexity index is 427. The molecular weight excluding hydrogens is 196 g/mol. The van der Waals surface area contributed by atoms with Crippen molar-refractivity contribution in [3.63, 3.8) is 0 Å². The molecule has 4 nitrogen and oxygen atoms in total. The van der Waals surface area contributed by atoms with Gasteiger partial charge in [-0.05, 0) is 13.8 Å². The van der Waals surface area contributed by atoms with E-state index in [1.54, 1.807) is 11.7 Å². The molecule has 5 heteroatoms. The van der Waals surface area contributed by atoms with Crippen LogP contribution in [0.25, 0.3) is 10.7 Å². The second-order valence-corrected chi connectivity index (χ2v) is 3.89. The molecule has 0 radical (unpaired) electrons. The third-order valence-electron chi connectivity index (χ3n) is 2.08. The zero-order chi connectivity index (χ0) is 10.1. The first-order chi connectivity index (χ1) is 6.68. The Balaban J connectivity index is 2.57. The smallest absolute Gasteiger partial charge is 0.173 e. The molecule has 0 atom stereocenters. The summed E-state index contributed by atoms with van der Waals surface area (Å²) in [6, 6.07) is 0. The van der Waals surface area contributed by atoms with E-state index in [2.05, 4.69) is 15.0 Å². The maximum absolute atomic E-state index is 5.76. The highest BCUT2D eigenvalue weighted by Gasteiger charge is 2.07. The van der Waals surface area contributed by atoms with E-state index >= 15 is 0 Å². The summed E-state index contributed by atoms with van der Waals surface area (Å²) >= 11 is 1.51. The quantitative estimate of drug-likeness (QED) is 0.772. The summed E-state index contributed by atoms with van der Waals surface area (Å²) in [7, 11) is 0. The highest BCUT2D eigenvalue weighted by atomic mass is 32.1. The normalized spacial score (nSPS) is 10.4. The van der Waals surface area contributed by atoms with E-state index in [4.69, 9.17) is 5.73 Å². The molecule has 2 rings (SSSR count). The summed E-state index contributed by atoms with van der Waals surface area (Å²) in [6.45, 7) is 3.85. The van der Waals surface area contributed by atoms with Crippen LogP contribution >= 0.6 is 11.3 Å². The molecule has 2 heterocycles. The van der Waals surface area contributed by atoms with Gasteiger partial charge in [-0.1, -0.05) is 0 Å². The highest BCUT2D eigenvalue weighted by molar-refractivity contribution is 7.13. The fraction of sp³-hybridized carbons (Fsp3) is 0.222. The van der Waals surface area contributed by atoms with E-state index in [0.717, 1.165) is 16.1 Å². The molecule has 72 valence electrons. The number of aryl methyl sites for hydroxylation is 1. The number of rotatable bonds is 1. The number of aromatic nitrogens is 3. The Morgan fingerprint density at radius 3 is 2.64 bits per heavy atom. The second kappa shape index (κ2) is 3.34. The Morgan fingerprint density at radius 1 is 1.29 bits per heavy atom. The molecule has 0 aliphatic heterocycles. The van der Waals surface area contributed by atoms with Crippen LogP contribution < -0.4 is 5.73 Å². The summed E-state index contributed by atoms with van der Waals surface area (Å²) in [4.78, 5) is 13.5. The van der Waals surface area contributed by atoms with Gasteiger partial charge in [0.05, 0.1) is 10.4 Å². The van der Waals surface area contributed by atoms with E-state index < -0.39 is 0 Å². The molecular formula is C9H10N4S. The molecule has 0 saturated carbocycles. The number of hydrogen-bond donors (Lipinski definition) is 1. The van der Waals surface area contributed by atoms with Crippen molar-refractivity contribution in [2.45, 2.75) is 13.8 Å². The van der Waals surface area contributed by atoms with Crippen LogP contribution in [-0.4, -0.2) is 15.0 Å². The monoisotopic (exact) mass is 206 g/mol. The Hall–Kier alpha value is -1.49. The minimum absolute atomic E-state index is 0.543. The molecule has 2 N–H and O–H groups in total. The summed E-state index contributed by atoms with van der Waals surface area (Å²) in [5.74, 6) is 1.20. The van der Waals surface area contributed by atoms with Crippen LogP contribution in [-0.2, 0) is 0 Å². The molecule has 0 aromatic carbocycles. The van der Waals surface area contributed by atoms with Gasteiger partial charge in [0.15, 0.2) is 5.82 Å². The van der Waals surface area contributed by atoms with Gasteiger partial charge in [0.1, 0.15) is 5.82 Å². The summed E-state index contributed by atoms with van der Waals surface area (Å²) in [5, 5.41) is 0. The lowest BCUT2D eigenvalue weighted by Crippen LogP contribution is -2.01. The lowest BCUT2D eigenvalue weighted by Gasteiger charge is -2.04. The van der Waals surface area contributed by atoms with Crippen LogP contribution in [0.5, 0.6) is 0 Å². The minimum Gasteiger partial charge on any atom is -0.383 e. The van der Waals surface area contributed by atoms with Crippen molar-refractivity contribution in [2.24, 2.45) is 0 Å². The Kier molecular flexibility index (Phi) is 2.17. The van der Waals surface area contributed by atoms with Crippen LogP contribution in [0.15, 0.2) is 11.7 Å². The fourth-order valence-corrected chi connectivity index (χ4v) is 1.64. The lowest BCUT2D eigenvalue weighted by molar-refractivity contribution is 1.08. The molecule has 14 heavy (non-hydrogen) atoms. The van der Waals surface area contributed by atoms with Gasteiger partial charge in [0.25, 0.3) is 0 Å². The van der Waals surface area contributed by atoms with Gasteiger partial charge in [-0.3, -0.25) is 4.98 Å². The van der Waals surface area contributed by atoms with Gasteiger partial charge in [-0.15, -0.1) is 11.3 Å². The number of hydrogen-bond acceptors (Lipinski definition) is 5. The molecule has 0 aliphatic rings. The largest absolute Gasteiger partial charge is 0.383 e. The lowest BCUT2D eigenvalue weighted by atomic mass is 10.2. The fourth-order valence-electron chi connectivity index (χ4n) is 1.09. The molecule has 2 aromatic rings. The molecule has 0 amide bonds. The molecule has 0 aliphatic carbocycles. The third-order valence-corrected chi connectivity index (χ3v) is 2.85. The zero-order valence-corrected chi connectivity index (χ0v) is 8.80. The summed E-state index contributed by atoms with van der Waals surface area (Å²) in [5.41, 5.74) is 9.38. The van der Waals surface area contributed by atoms with Crippen LogP contribution in [0.1, 0.15) is 11.3 Å². The van der Waals surface area contributed by atoms with E-state index in [1.165, 1.54) is 11.3 Å². The van der Waals surface area contributed by atoms with Crippen LogP contribution in [0.2, 0.25) is 0 Å². The predicted molar refractivity (Wildman–Crippen MR) is 57.0 cm³/mol. The molecule has 0 spiro atoms. The van der Waals surface area contributed by atoms with Gasteiger partial charge >= 0.3 is 0 Å². The van der Waals surface area contributed by atoms with Crippen molar-refractivity contribution >= 4 is 17.2 Å².